The van der Waals surface area contributed by atoms with E-state index in [9.17, 15) is 9.59 Å². The van der Waals surface area contributed by atoms with Gasteiger partial charge in [0.15, 0.2) is 0 Å². The minimum atomic E-state index is -3.83. The first-order valence-electron chi connectivity index (χ1n) is 7.48. The number of carbonyl (C=O) groups excluding carboxylic acids is 2. The molecule has 0 heterocycles. The van der Waals surface area contributed by atoms with Gasteiger partial charge in [-0.1, -0.05) is 18.2 Å². The summed E-state index contributed by atoms with van der Waals surface area (Å²) in [6.45, 7) is 0.0129. The second kappa shape index (κ2) is 9.52. The highest BCUT2D eigenvalue weighted by atomic mass is 28.4. The summed E-state index contributed by atoms with van der Waals surface area (Å²) in [7, 11) is 2.41. The molecule has 0 atom stereocenters. The number of hydrogen-bond acceptors (Lipinski definition) is 8. The van der Waals surface area contributed by atoms with Gasteiger partial charge in [-0.05, 0) is 12.1 Å². The zero-order chi connectivity index (χ0) is 18.9. The van der Waals surface area contributed by atoms with Crippen molar-refractivity contribution in [3.8, 4) is 5.75 Å². The summed E-state index contributed by atoms with van der Waals surface area (Å²) >= 11 is 0. The van der Waals surface area contributed by atoms with Gasteiger partial charge in [0.1, 0.15) is 5.75 Å². The van der Waals surface area contributed by atoms with Crippen molar-refractivity contribution in [2.24, 2.45) is 0 Å². The molecule has 0 aliphatic heterocycles. The van der Waals surface area contributed by atoms with Crippen molar-refractivity contribution in [2.75, 3.05) is 42.2 Å². The lowest BCUT2D eigenvalue weighted by Gasteiger charge is -2.38. The summed E-state index contributed by atoms with van der Waals surface area (Å²) < 4.78 is 31.5. The maximum atomic E-state index is 12.6. The highest BCUT2D eigenvalue weighted by Gasteiger charge is 2.71. The standard InChI is InChI=1S/C16H24O8Si/c1-19-14(17)16(15(18)20-2,25(21-3,22-4)23-5)11-12-24-13-9-7-6-8-10-13/h6-10H,11-12H2,1-5H3. The smallest absolute Gasteiger partial charge is 0.494 e. The van der Waals surface area contributed by atoms with Crippen LogP contribution in [0.3, 0.4) is 0 Å². The third kappa shape index (κ3) is 4.01. The largest absolute Gasteiger partial charge is 0.530 e. The van der Waals surface area contributed by atoms with E-state index in [1.807, 2.05) is 18.2 Å². The Hall–Kier alpha value is -1.94. The Kier molecular flexibility index (Phi) is 8.03. The fourth-order valence-electron chi connectivity index (χ4n) is 2.65. The van der Waals surface area contributed by atoms with Gasteiger partial charge in [-0.15, -0.1) is 0 Å². The van der Waals surface area contributed by atoms with Gasteiger partial charge in [0.25, 0.3) is 0 Å². The fourth-order valence-corrected chi connectivity index (χ4v) is 5.31. The number of ether oxygens (including phenoxy) is 3. The molecule has 25 heavy (non-hydrogen) atoms. The zero-order valence-corrected chi connectivity index (χ0v) is 16.1. The average molecular weight is 372 g/mol. The van der Waals surface area contributed by atoms with Gasteiger partial charge < -0.3 is 27.5 Å². The predicted molar refractivity (Wildman–Crippen MR) is 90.1 cm³/mol. The van der Waals surface area contributed by atoms with Crippen LogP contribution in [0, 0.1) is 0 Å². The molecule has 0 N–H and O–H groups in total. The van der Waals surface area contributed by atoms with E-state index in [0.717, 1.165) is 14.2 Å². The first-order valence-corrected chi connectivity index (χ1v) is 9.20. The molecule has 1 aromatic rings. The van der Waals surface area contributed by atoms with Crippen molar-refractivity contribution in [3.05, 3.63) is 30.3 Å². The van der Waals surface area contributed by atoms with Crippen molar-refractivity contribution in [1.82, 2.24) is 0 Å². The van der Waals surface area contributed by atoms with Gasteiger partial charge in [-0.2, -0.15) is 0 Å². The zero-order valence-electron chi connectivity index (χ0n) is 15.1. The number of rotatable bonds is 10. The molecule has 0 amide bonds. The van der Waals surface area contributed by atoms with Gasteiger partial charge in [-0.25, -0.2) is 0 Å². The van der Waals surface area contributed by atoms with E-state index in [1.54, 1.807) is 12.1 Å². The number of para-hydroxylation sites is 1. The molecule has 140 valence electrons. The highest BCUT2D eigenvalue weighted by Crippen LogP contribution is 2.45. The Bertz CT molecular complexity index is 534. The van der Waals surface area contributed by atoms with Crippen LogP contribution in [0.25, 0.3) is 0 Å². The molecule has 0 saturated carbocycles. The van der Waals surface area contributed by atoms with Crippen molar-refractivity contribution >= 4 is 20.7 Å². The van der Waals surface area contributed by atoms with Gasteiger partial charge in [0.2, 0.25) is 5.04 Å². The van der Waals surface area contributed by atoms with Crippen LogP contribution in [0.1, 0.15) is 6.42 Å². The molecule has 1 rings (SSSR count). The molecule has 0 aliphatic carbocycles. The molecule has 0 spiro atoms. The van der Waals surface area contributed by atoms with E-state index in [2.05, 4.69) is 0 Å². The Morgan fingerprint density at radius 3 is 1.76 bits per heavy atom. The molecule has 8 nitrogen and oxygen atoms in total. The van der Waals surface area contributed by atoms with Crippen LogP contribution < -0.4 is 4.74 Å². The highest BCUT2D eigenvalue weighted by molar-refractivity contribution is 6.73. The van der Waals surface area contributed by atoms with Crippen LogP contribution in [0.4, 0.5) is 0 Å². The van der Waals surface area contributed by atoms with Crippen molar-refractivity contribution < 1.29 is 37.1 Å². The van der Waals surface area contributed by atoms with E-state index in [4.69, 9.17) is 27.5 Å². The van der Waals surface area contributed by atoms with Crippen molar-refractivity contribution in [3.63, 3.8) is 0 Å². The number of benzene rings is 1. The lowest BCUT2D eigenvalue weighted by atomic mass is 10.1. The van der Waals surface area contributed by atoms with Gasteiger partial charge >= 0.3 is 20.7 Å². The lowest BCUT2D eigenvalue weighted by Crippen LogP contribution is -2.62. The van der Waals surface area contributed by atoms with Crippen LogP contribution in [0.2, 0.25) is 5.04 Å². The summed E-state index contributed by atoms with van der Waals surface area (Å²) in [5, 5.41) is -1.91. The molecule has 1 aromatic carbocycles. The van der Waals surface area contributed by atoms with E-state index in [-0.39, 0.29) is 13.0 Å². The van der Waals surface area contributed by atoms with E-state index < -0.39 is 25.8 Å². The minimum Gasteiger partial charge on any atom is -0.494 e. The number of hydrogen-bond donors (Lipinski definition) is 0. The molecule has 0 saturated heterocycles. The Labute approximate surface area is 148 Å². The third-order valence-electron chi connectivity index (χ3n) is 3.89. The first-order chi connectivity index (χ1) is 12.0. The number of esters is 2. The Morgan fingerprint density at radius 1 is 0.880 bits per heavy atom. The summed E-state index contributed by atoms with van der Waals surface area (Å²) in [6, 6.07) is 8.97. The topological polar surface area (TPSA) is 89.5 Å². The van der Waals surface area contributed by atoms with Crippen LogP contribution in [0.5, 0.6) is 5.75 Å². The minimum absolute atomic E-state index is 0.0129. The number of carbonyl (C=O) groups is 2. The summed E-state index contributed by atoms with van der Waals surface area (Å²) in [5.41, 5.74) is 0. The van der Waals surface area contributed by atoms with Crippen LogP contribution in [-0.4, -0.2) is 62.9 Å². The molecular weight excluding hydrogens is 348 g/mol. The van der Waals surface area contributed by atoms with Crippen molar-refractivity contribution in [2.45, 2.75) is 11.5 Å². The second-order valence-corrected chi connectivity index (χ2v) is 8.16. The first kappa shape index (κ1) is 21.1. The van der Waals surface area contributed by atoms with Gasteiger partial charge in [0.05, 0.1) is 20.8 Å². The molecule has 0 aliphatic rings. The Balaban J connectivity index is 3.24. The summed E-state index contributed by atoms with van der Waals surface area (Å²) in [6.07, 6.45) is -0.108. The van der Waals surface area contributed by atoms with Crippen molar-refractivity contribution in [1.29, 1.82) is 0 Å². The quantitative estimate of drug-likeness (QED) is 0.346. The molecule has 0 bridgehead atoms. The summed E-state index contributed by atoms with van der Waals surface area (Å²) in [4.78, 5) is 25.2. The third-order valence-corrected chi connectivity index (χ3v) is 7.20. The van der Waals surface area contributed by atoms with E-state index in [1.165, 1.54) is 21.3 Å². The SMILES string of the molecule is COC(=O)C(CCOc1ccccc1)(C(=O)OC)[Si](OC)(OC)OC. The van der Waals surface area contributed by atoms with Crippen LogP contribution >= 0.6 is 0 Å². The van der Waals surface area contributed by atoms with Gasteiger partial charge in [-0.3, -0.25) is 9.59 Å². The lowest BCUT2D eigenvalue weighted by molar-refractivity contribution is -0.161. The van der Waals surface area contributed by atoms with Crippen LogP contribution in [-0.2, 0) is 32.3 Å². The van der Waals surface area contributed by atoms with Crippen LogP contribution in [0.15, 0.2) is 30.3 Å². The van der Waals surface area contributed by atoms with E-state index in [0.29, 0.717) is 5.75 Å². The normalized spacial score (nSPS) is 11.7. The molecular formula is C16H24O8Si. The Morgan fingerprint density at radius 2 is 1.36 bits per heavy atom. The second-order valence-electron chi connectivity index (χ2n) is 4.97. The van der Waals surface area contributed by atoms with Gasteiger partial charge in [0, 0.05) is 27.8 Å². The maximum absolute atomic E-state index is 12.6. The molecule has 0 aromatic heterocycles. The number of methoxy groups -OCH3 is 2. The van der Waals surface area contributed by atoms with E-state index >= 15 is 0 Å². The monoisotopic (exact) mass is 372 g/mol. The predicted octanol–water partition coefficient (Wildman–Crippen LogP) is 1.42. The molecule has 0 radical (unpaired) electrons. The average Bonchev–Trinajstić information content (AvgIpc) is 2.67. The molecule has 0 unspecified atom stereocenters. The summed E-state index contributed by atoms with van der Waals surface area (Å²) in [5.74, 6) is -1.15. The molecule has 9 heteroatoms. The molecule has 0 fully saturated rings. The fraction of sp³-hybridized carbons (Fsp3) is 0.500. The maximum Gasteiger partial charge on any atom is 0.530 e.